The molecule has 4 aromatic carbocycles. The molecule has 0 N–H and O–H groups in total. The molecule has 0 bridgehead atoms. The lowest BCUT2D eigenvalue weighted by Crippen LogP contribution is -2.48. The van der Waals surface area contributed by atoms with Crippen LogP contribution in [0.5, 0.6) is 5.75 Å². The number of rotatable bonds is 9. The molecule has 298 valence electrons. The van der Waals surface area contributed by atoms with Gasteiger partial charge in [0.2, 0.25) is 20.0 Å². The Morgan fingerprint density at radius 3 is 1.42 bits per heavy atom. The first kappa shape index (κ1) is 41.0. The molecule has 2 saturated heterocycles. The van der Waals surface area contributed by atoms with Gasteiger partial charge in [-0.15, -0.1) is 22.7 Å². The van der Waals surface area contributed by atoms with E-state index in [-0.39, 0.29) is 0 Å². The quantitative estimate of drug-likeness (QED) is 0.142. The van der Waals surface area contributed by atoms with Crippen LogP contribution in [0.3, 0.4) is 0 Å². The number of anilines is 2. The lowest BCUT2D eigenvalue weighted by Gasteiger charge is -2.33. The van der Waals surface area contributed by atoms with Gasteiger partial charge in [-0.25, -0.2) is 26.8 Å². The maximum absolute atomic E-state index is 12.9. The lowest BCUT2D eigenvalue weighted by atomic mass is 10.2. The van der Waals surface area contributed by atoms with Gasteiger partial charge in [0.1, 0.15) is 5.75 Å². The first-order valence-electron chi connectivity index (χ1n) is 18.4. The summed E-state index contributed by atoms with van der Waals surface area (Å²) in [5, 5.41) is 5.92. The molecule has 2 aliphatic rings. The predicted octanol–water partition coefficient (Wildman–Crippen LogP) is 8.03. The van der Waals surface area contributed by atoms with Crippen molar-refractivity contribution in [2.24, 2.45) is 0 Å². The van der Waals surface area contributed by atoms with E-state index in [1.807, 2.05) is 97.4 Å². The molecule has 16 heteroatoms. The SMILES string of the molecule is COc1cccc(-c2csc(N3CCN(S(=O)(=O)c4ccc(C)cc4)CC3)n2)c1.Cc1ccc(S(=O)(=O)N2CCN(c3nc(-c4cccc(Br)c4)cs3)CC2)cc1. The number of sulfonamides is 2. The average Bonchev–Trinajstić information content (AvgIpc) is 3.94. The molecule has 11 nitrogen and oxygen atoms in total. The van der Waals surface area contributed by atoms with Crippen molar-refractivity contribution in [3.8, 4) is 28.3 Å². The van der Waals surface area contributed by atoms with Crippen molar-refractivity contribution in [3.63, 3.8) is 0 Å². The van der Waals surface area contributed by atoms with E-state index in [2.05, 4.69) is 25.7 Å². The molecule has 0 atom stereocenters. The molecule has 0 unspecified atom stereocenters. The minimum absolute atomic E-state index is 0.353. The minimum atomic E-state index is -3.45. The van der Waals surface area contributed by atoms with Gasteiger partial charge in [-0.2, -0.15) is 8.61 Å². The van der Waals surface area contributed by atoms with Crippen molar-refractivity contribution in [2.75, 3.05) is 69.3 Å². The first-order chi connectivity index (χ1) is 27.4. The fraction of sp³-hybridized carbons (Fsp3) is 0.268. The molecule has 8 rings (SSSR count). The normalized spacial score (nSPS) is 15.6. The number of benzene rings is 4. The fourth-order valence-electron chi connectivity index (χ4n) is 6.47. The van der Waals surface area contributed by atoms with Gasteiger partial charge in [-0.1, -0.05) is 75.6 Å². The zero-order valence-electron chi connectivity index (χ0n) is 31.8. The van der Waals surface area contributed by atoms with Gasteiger partial charge in [-0.3, -0.25) is 0 Å². The summed E-state index contributed by atoms with van der Waals surface area (Å²) in [4.78, 5) is 14.5. The van der Waals surface area contributed by atoms with Crippen molar-refractivity contribution in [2.45, 2.75) is 23.6 Å². The first-order valence-corrected chi connectivity index (χ1v) is 23.8. The van der Waals surface area contributed by atoms with Gasteiger partial charge < -0.3 is 14.5 Å². The van der Waals surface area contributed by atoms with Gasteiger partial charge in [0.05, 0.1) is 28.3 Å². The van der Waals surface area contributed by atoms with E-state index in [4.69, 9.17) is 14.7 Å². The van der Waals surface area contributed by atoms with Crippen LogP contribution in [-0.2, 0) is 20.0 Å². The highest BCUT2D eigenvalue weighted by atomic mass is 79.9. The molecule has 4 heterocycles. The van der Waals surface area contributed by atoms with Gasteiger partial charge in [0.15, 0.2) is 10.3 Å². The topological polar surface area (TPSA) is 116 Å². The summed E-state index contributed by atoms with van der Waals surface area (Å²) in [7, 11) is -5.25. The zero-order valence-corrected chi connectivity index (χ0v) is 36.6. The minimum Gasteiger partial charge on any atom is -0.497 e. The van der Waals surface area contributed by atoms with E-state index < -0.39 is 20.0 Å². The Balaban J connectivity index is 0.000000174. The number of aryl methyl sites for hydroxylation is 2. The summed E-state index contributed by atoms with van der Waals surface area (Å²) >= 11 is 6.67. The maximum Gasteiger partial charge on any atom is 0.243 e. The van der Waals surface area contributed by atoms with Gasteiger partial charge in [-0.05, 0) is 62.4 Å². The van der Waals surface area contributed by atoms with E-state index in [0.29, 0.717) is 62.1 Å². The Bertz CT molecular complexity index is 2510. The van der Waals surface area contributed by atoms with Gasteiger partial charge in [0.25, 0.3) is 0 Å². The summed E-state index contributed by atoms with van der Waals surface area (Å²) in [6, 6.07) is 30.0. The number of thiazole rings is 2. The standard InChI is InChI=1S/C21H23N3O3S2.C20H20BrN3O2S2/c1-16-6-8-19(9-7-16)29(25,26)24-12-10-23(11-13-24)21-22-20(15-28-21)17-4-3-5-18(14-17)27-2;1-15-5-7-18(8-6-15)28(25,26)24-11-9-23(10-12-24)20-22-19(14-27-20)16-3-2-4-17(21)13-16/h3-9,14-15H,10-13H2,1-2H3;2-8,13-14H,9-12H2,1H3. The number of piperazine rings is 2. The number of methoxy groups -OCH3 is 1. The second kappa shape index (κ2) is 17.8. The van der Waals surface area contributed by atoms with Crippen LogP contribution in [0.2, 0.25) is 0 Å². The fourth-order valence-corrected chi connectivity index (χ4v) is 11.5. The predicted molar refractivity (Wildman–Crippen MR) is 234 cm³/mol. The highest BCUT2D eigenvalue weighted by Crippen LogP contribution is 2.32. The second-order valence-electron chi connectivity index (χ2n) is 13.7. The molecule has 2 fully saturated rings. The molecule has 6 aromatic rings. The maximum atomic E-state index is 12.9. The van der Waals surface area contributed by atoms with Crippen LogP contribution in [0.15, 0.2) is 122 Å². The van der Waals surface area contributed by atoms with Crippen LogP contribution in [0.4, 0.5) is 10.3 Å². The highest BCUT2D eigenvalue weighted by Gasteiger charge is 2.31. The van der Waals surface area contributed by atoms with Crippen molar-refractivity contribution in [3.05, 3.63) is 123 Å². The van der Waals surface area contributed by atoms with Crippen molar-refractivity contribution in [1.29, 1.82) is 0 Å². The van der Waals surface area contributed by atoms with Crippen LogP contribution < -0.4 is 14.5 Å². The van der Waals surface area contributed by atoms with Crippen LogP contribution in [0.1, 0.15) is 11.1 Å². The number of aromatic nitrogens is 2. The number of nitrogens with zero attached hydrogens (tertiary/aromatic N) is 6. The molecule has 0 aliphatic carbocycles. The zero-order chi connectivity index (χ0) is 40.2. The highest BCUT2D eigenvalue weighted by molar-refractivity contribution is 9.10. The summed E-state index contributed by atoms with van der Waals surface area (Å²) in [5.41, 5.74) is 6.01. The molecule has 0 amide bonds. The summed E-state index contributed by atoms with van der Waals surface area (Å²) in [6.45, 7) is 8.23. The van der Waals surface area contributed by atoms with Crippen LogP contribution >= 0.6 is 38.6 Å². The average molecular weight is 908 g/mol. The number of halogens is 1. The van der Waals surface area contributed by atoms with Crippen LogP contribution in [-0.4, -0.2) is 94.9 Å². The molecule has 2 aliphatic heterocycles. The van der Waals surface area contributed by atoms with Gasteiger partial charge >= 0.3 is 0 Å². The molecular weight excluding hydrogens is 865 g/mol. The molecule has 57 heavy (non-hydrogen) atoms. The molecule has 0 spiro atoms. The second-order valence-corrected chi connectivity index (χ2v) is 20.1. The molecule has 0 radical (unpaired) electrons. The Morgan fingerprint density at radius 2 is 1.00 bits per heavy atom. The molecular formula is C41H43BrN6O5S4. The summed E-state index contributed by atoms with van der Waals surface area (Å²) in [6.07, 6.45) is 0. The van der Waals surface area contributed by atoms with Crippen molar-refractivity contribution >= 4 is 68.9 Å². The lowest BCUT2D eigenvalue weighted by molar-refractivity contribution is 0.384. The van der Waals surface area contributed by atoms with E-state index >= 15 is 0 Å². The van der Waals surface area contributed by atoms with Crippen LogP contribution in [0.25, 0.3) is 22.5 Å². The Kier molecular flexibility index (Phi) is 12.8. The van der Waals surface area contributed by atoms with Gasteiger partial charge in [0, 0.05) is 78.7 Å². The Hall–Kier alpha value is -4.16. The molecule has 0 saturated carbocycles. The van der Waals surface area contributed by atoms with E-state index in [1.54, 1.807) is 62.7 Å². The van der Waals surface area contributed by atoms with Crippen LogP contribution in [0, 0.1) is 13.8 Å². The van der Waals surface area contributed by atoms with Crippen molar-refractivity contribution < 1.29 is 21.6 Å². The summed E-state index contributed by atoms with van der Waals surface area (Å²) < 4.78 is 60.9. The Labute approximate surface area is 351 Å². The smallest absolute Gasteiger partial charge is 0.243 e. The van der Waals surface area contributed by atoms with E-state index in [9.17, 15) is 16.8 Å². The monoisotopic (exact) mass is 906 g/mol. The molecule has 2 aromatic heterocycles. The largest absolute Gasteiger partial charge is 0.497 e. The third-order valence-corrected chi connectivity index (χ3v) is 15.9. The van der Waals surface area contributed by atoms with E-state index in [0.717, 1.165) is 54.1 Å². The third-order valence-electron chi connectivity index (χ3n) is 9.81. The Morgan fingerprint density at radius 1 is 0.579 bits per heavy atom. The third kappa shape index (κ3) is 9.60. The number of ether oxygens (including phenoxy) is 1. The summed E-state index contributed by atoms with van der Waals surface area (Å²) in [5.74, 6) is 0.798. The number of hydrogen-bond acceptors (Lipinski definition) is 11. The number of hydrogen-bond donors (Lipinski definition) is 0. The van der Waals surface area contributed by atoms with Crippen molar-refractivity contribution in [1.82, 2.24) is 18.6 Å². The van der Waals surface area contributed by atoms with E-state index in [1.165, 1.54) is 0 Å².